The molecule has 0 saturated carbocycles. The quantitative estimate of drug-likeness (QED) is 0.771. The maximum Gasteiger partial charge on any atom is 0.319 e. The smallest absolute Gasteiger partial charge is 0.319 e. The van der Waals surface area contributed by atoms with Gasteiger partial charge in [-0.2, -0.15) is 5.10 Å². The first kappa shape index (κ1) is 15.4. The summed E-state index contributed by atoms with van der Waals surface area (Å²) in [5, 5.41) is 10.2. The number of para-hydroxylation sites is 1. The molecule has 0 atom stereocenters. The van der Waals surface area contributed by atoms with E-state index in [0.717, 1.165) is 24.1 Å². The lowest BCUT2D eigenvalue weighted by Gasteiger charge is -2.15. The minimum Gasteiger partial charge on any atom is -0.334 e. The Morgan fingerprint density at radius 1 is 1.08 bits per heavy atom. The number of hydrogen-bond donors (Lipinski definition) is 2. The van der Waals surface area contributed by atoms with Crippen molar-refractivity contribution in [2.24, 2.45) is 0 Å². The van der Waals surface area contributed by atoms with Crippen LogP contribution in [-0.2, 0) is 19.4 Å². The van der Waals surface area contributed by atoms with Crippen LogP contribution in [-0.4, -0.2) is 26.8 Å². The highest BCUT2D eigenvalue weighted by molar-refractivity contribution is 5.90. The average Bonchev–Trinajstić information content (AvgIpc) is 3.25. The number of rotatable bonds is 4. The third-order valence-corrected chi connectivity index (χ3v) is 4.45. The zero-order valence-corrected chi connectivity index (χ0v) is 13.7. The summed E-state index contributed by atoms with van der Waals surface area (Å²) >= 11 is 0. The van der Waals surface area contributed by atoms with Crippen molar-refractivity contribution in [2.75, 3.05) is 5.32 Å². The van der Waals surface area contributed by atoms with Crippen LogP contribution < -0.4 is 10.6 Å². The number of hydrogen-bond acceptors (Lipinski definition) is 3. The van der Waals surface area contributed by atoms with Crippen LogP contribution in [0.5, 0.6) is 0 Å². The van der Waals surface area contributed by atoms with E-state index in [1.165, 1.54) is 17.5 Å². The molecule has 0 spiro atoms. The maximum atomic E-state index is 12.4. The number of carbonyl (C=O) groups is 1. The number of fused-ring (bicyclic) bond motifs is 1. The zero-order chi connectivity index (χ0) is 17.1. The Hall–Kier alpha value is -3.15. The normalized spacial score (nSPS) is 13.4. The molecule has 0 bridgehead atoms. The summed E-state index contributed by atoms with van der Waals surface area (Å²) < 4.78 is 1.73. The van der Waals surface area contributed by atoms with Crippen molar-refractivity contribution in [3.8, 4) is 0 Å². The number of benzene rings is 2. The van der Waals surface area contributed by atoms with Crippen molar-refractivity contribution >= 4 is 11.7 Å². The predicted octanol–water partition coefficient (Wildman–Crippen LogP) is 2.62. The highest BCUT2D eigenvalue weighted by Gasteiger charge is 2.22. The first-order valence-electron chi connectivity index (χ1n) is 8.32. The van der Waals surface area contributed by atoms with Crippen LogP contribution in [0.2, 0.25) is 0 Å². The van der Waals surface area contributed by atoms with Crippen LogP contribution in [0, 0.1) is 0 Å². The lowest BCUT2D eigenvalue weighted by molar-refractivity contribution is 0.249. The number of amides is 2. The summed E-state index contributed by atoms with van der Waals surface area (Å²) in [7, 11) is 0. The van der Waals surface area contributed by atoms with E-state index in [-0.39, 0.29) is 12.1 Å². The van der Waals surface area contributed by atoms with E-state index in [9.17, 15) is 4.79 Å². The van der Waals surface area contributed by atoms with Crippen molar-refractivity contribution in [1.82, 2.24) is 20.1 Å². The van der Waals surface area contributed by atoms with Gasteiger partial charge in [0.15, 0.2) is 0 Å². The van der Waals surface area contributed by atoms with Crippen LogP contribution >= 0.6 is 0 Å². The van der Waals surface area contributed by atoms with Crippen LogP contribution in [0.15, 0.2) is 61.2 Å². The molecular formula is C19H19N5O. The number of nitrogens with one attached hydrogen (secondary N) is 2. The SMILES string of the molecule is O=C(Nc1ccccc1Cn1cncn1)NC1Cc2ccccc2C1. The van der Waals surface area contributed by atoms with Gasteiger partial charge >= 0.3 is 6.03 Å². The van der Waals surface area contributed by atoms with Gasteiger partial charge in [0.1, 0.15) is 12.7 Å². The summed E-state index contributed by atoms with van der Waals surface area (Å²) in [4.78, 5) is 16.4. The van der Waals surface area contributed by atoms with Gasteiger partial charge in [-0.1, -0.05) is 42.5 Å². The molecule has 1 aliphatic carbocycles. The molecular weight excluding hydrogens is 314 g/mol. The molecule has 0 unspecified atom stereocenters. The minimum atomic E-state index is -0.177. The number of anilines is 1. The molecule has 0 fully saturated rings. The maximum absolute atomic E-state index is 12.4. The zero-order valence-electron chi connectivity index (χ0n) is 13.7. The standard InChI is InChI=1S/C19H19N5O/c25-19(22-17-9-14-5-1-2-6-15(14)10-17)23-18-8-4-3-7-16(18)11-24-13-20-12-21-24/h1-8,12-13,17H,9-11H2,(H2,22,23,25). The molecule has 0 saturated heterocycles. The molecule has 1 heterocycles. The molecule has 6 heteroatoms. The Morgan fingerprint density at radius 3 is 2.52 bits per heavy atom. The topological polar surface area (TPSA) is 71.8 Å². The van der Waals surface area contributed by atoms with Gasteiger partial charge in [0.25, 0.3) is 0 Å². The van der Waals surface area contributed by atoms with Gasteiger partial charge in [-0.25, -0.2) is 14.5 Å². The van der Waals surface area contributed by atoms with Gasteiger partial charge in [-0.3, -0.25) is 0 Å². The second kappa shape index (κ2) is 6.76. The van der Waals surface area contributed by atoms with Crippen molar-refractivity contribution in [3.63, 3.8) is 0 Å². The van der Waals surface area contributed by atoms with Crippen LogP contribution in [0.1, 0.15) is 16.7 Å². The first-order chi connectivity index (χ1) is 12.3. The van der Waals surface area contributed by atoms with Crippen molar-refractivity contribution in [3.05, 3.63) is 77.9 Å². The lowest BCUT2D eigenvalue weighted by atomic mass is 10.1. The average molecular weight is 333 g/mol. The molecule has 6 nitrogen and oxygen atoms in total. The molecule has 3 aromatic rings. The molecule has 1 aliphatic rings. The van der Waals surface area contributed by atoms with Gasteiger partial charge in [-0.05, 0) is 35.6 Å². The lowest BCUT2D eigenvalue weighted by Crippen LogP contribution is -2.38. The third kappa shape index (κ3) is 3.52. The Labute approximate surface area is 145 Å². The number of aromatic nitrogens is 3. The Kier molecular flexibility index (Phi) is 4.16. The third-order valence-electron chi connectivity index (χ3n) is 4.45. The highest BCUT2D eigenvalue weighted by Crippen LogP contribution is 2.22. The Morgan fingerprint density at radius 2 is 1.80 bits per heavy atom. The highest BCUT2D eigenvalue weighted by atomic mass is 16.2. The van der Waals surface area contributed by atoms with Crippen LogP contribution in [0.3, 0.4) is 0 Å². The summed E-state index contributed by atoms with van der Waals surface area (Å²) in [6.45, 7) is 0.561. The molecule has 2 aromatic carbocycles. The van der Waals surface area contributed by atoms with Gasteiger partial charge in [0.05, 0.1) is 6.54 Å². The van der Waals surface area contributed by atoms with E-state index in [1.807, 2.05) is 36.4 Å². The van der Waals surface area contributed by atoms with Crippen molar-refractivity contribution in [1.29, 1.82) is 0 Å². The van der Waals surface area contributed by atoms with Crippen molar-refractivity contribution in [2.45, 2.75) is 25.4 Å². The second-order valence-electron chi connectivity index (χ2n) is 6.22. The van der Waals surface area contributed by atoms with E-state index in [1.54, 1.807) is 11.0 Å². The number of carbonyl (C=O) groups excluding carboxylic acids is 1. The summed E-state index contributed by atoms with van der Waals surface area (Å²) in [6.07, 6.45) is 4.92. The van der Waals surface area contributed by atoms with E-state index >= 15 is 0 Å². The predicted molar refractivity (Wildman–Crippen MR) is 95.4 cm³/mol. The molecule has 1 aromatic heterocycles. The first-order valence-corrected chi connectivity index (χ1v) is 8.32. The fourth-order valence-corrected chi connectivity index (χ4v) is 3.27. The molecule has 2 amide bonds. The summed E-state index contributed by atoms with van der Waals surface area (Å²) in [5.74, 6) is 0. The van der Waals surface area contributed by atoms with Gasteiger partial charge in [0, 0.05) is 11.7 Å². The van der Waals surface area contributed by atoms with Gasteiger partial charge < -0.3 is 10.6 Å². The van der Waals surface area contributed by atoms with Crippen LogP contribution in [0.25, 0.3) is 0 Å². The van der Waals surface area contributed by atoms with Gasteiger partial charge in [0.2, 0.25) is 0 Å². The van der Waals surface area contributed by atoms with E-state index in [2.05, 4.69) is 32.8 Å². The van der Waals surface area contributed by atoms with Gasteiger partial charge in [-0.15, -0.1) is 0 Å². The largest absolute Gasteiger partial charge is 0.334 e. The second-order valence-corrected chi connectivity index (χ2v) is 6.22. The van der Waals surface area contributed by atoms with E-state index in [0.29, 0.717) is 6.54 Å². The molecule has 25 heavy (non-hydrogen) atoms. The molecule has 0 aliphatic heterocycles. The monoisotopic (exact) mass is 333 g/mol. The molecule has 126 valence electrons. The van der Waals surface area contributed by atoms with Crippen molar-refractivity contribution < 1.29 is 4.79 Å². The summed E-state index contributed by atoms with van der Waals surface area (Å²) in [5.41, 5.74) is 4.41. The molecule has 4 rings (SSSR count). The molecule has 2 N–H and O–H groups in total. The number of nitrogens with zero attached hydrogens (tertiary/aromatic N) is 3. The fourth-order valence-electron chi connectivity index (χ4n) is 3.27. The van der Waals surface area contributed by atoms with Crippen LogP contribution in [0.4, 0.5) is 10.5 Å². The minimum absolute atomic E-state index is 0.139. The van der Waals surface area contributed by atoms with E-state index in [4.69, 9.17) is 0 Å². The Balaban J connectivity index is 1.40. The fraction of sp³-hybridized carbons (Fsp3) is 0.211. The van der Waals surface area contributed by atoms with E-state index < -0.39 is 0 Å². The Bertz CT molecular complexity index is 850. The molecule has 0 radical (unpaired) electrons. The number of urea groups is 1. The summed E-state index contributed by atoms with van der Waals surface area (Å²) in [6, 6.07) is 16.0.